The average Bonchev–Trinajstić information content (AvgIpc) is 3.05. The third kappa shape index (κ3) is 3.25. The second-order valence-electron chi connectivity index (χ2n) is 6.29. The van der Waals surface area contributed by atoms with Gasteiger partial charge in [0.2, 0.25) is 0 Å². The molecule has 0 saturated heterocycles. The van der Waals surface area contributed by atoms with Crippen molar-refractivity contribution in [3.8, 4) is 17.2 Å². The van der Waals surface area contributed by atoms with Crippen molar-refractivity contribution in [2.45, 2.75) is 12.0 Å². The highest BCUT2D eigenvalue weighted by Gasteiger charge is 2.29. The molecule has 0 aliphatic heterocycles. The van der Waals surface area contributed by atoms with Gasteiger partial charge in [-0.25, -0.2) is 4.79 Å². The Kier molecular flexibility index (Phi) is 4.54. The zero-order valence-corrected chi connectivity index (χ0v) is 14.5. The molecular weight excluding hydrogens is 338 g/mol. The van der Waals surface area contributed by atoms with Crippen LogP contribution in [0.2, 0.25) is 0 Å². The number of carbonyl (C=O) groups is 1. The molecule has 3 aromatic rings. The van der Waals surface area contributed by atoms with Gasteiger partial charge in [0.25, 0.3) is 0 Å². The number of nitrogens with zero attached hydrogens (tertiary/aromatic N) is 2. The number of pyridine rings is 1. The summed E-state index contributed by atoms with van der Waals surface area (Å²) in [6.07, 6.45) is 0.952. The molecule has 5 heteroatoms. The van der Waals surface area contributed by atoms with E-state index in [4.69, 9.17) is 4.74 Å². The van der Waals surface area contributed by atoms with Crippen LogP contribution in [0.15, 0.2) is 72.9 Å². The number of fused-ring (bicyclic) bond motifs is 3. The van der Waals surface area contributed by atoms with E-state index in [-0.39, 0.29) is 12.5 Å². The topological polar surface area (TPSA) is 75.0 Å². The van der Waals surface area contributed by atoms with Gasteiger partial charge >= 0.3 is 6.09 Å². The third-order valence-corrected chi connectivity index (χ3v) is 4.72. The highest BCUT2D eigenvalue weighted by atomic mass is 16.5. The van der Waals surface area contributed by atoms with Crippen molar-refractivity contribution in [3.63, 3.8) is 0 Å². The van der Waals surface area contributed by atoms with Crippen molar-refractivity contribution in [1.29, 1.82) is 5.26 Å². The molecule has 2 aromatic carbocycles. The second-order valence-corrected chi connectivity index (χ2v) is 6.29. The number of ether oxygens (including phenoxy) is 1. The van der Waals surface area contributed by atoms with Crippen LogP contribution in [-0.2, 0) is 4.74 Å². The summed E-state index contributed by atoms with van der Waals surface area (Å²) in [6, 6.07) is 22.7. The highest BCUT2D eigenvalue weighted by Crippen LogP contribution is 2.44. The first-order valence-electron chi connectivity index (χ1n) is 8.70. The average molecular weight is 355 g/mol. The van der Waals surface area contributed by atoms with Crippen molar-refractivity contribution in [3.05, 3.63) is 89.7 Å². The van der Waals surface area contributed by atoms with Crippen LogP contribution >= 0.6 is 0 Å². The molecule has 1 aliphatic carbocycles. The van der Waals surface area contributed by atoms with Crippen LogP contribution in [0, 0.1) is 11.3 Å². The predicted molar refractivity (Wildman–Crippen MR) is 101 cm³/mol. The maximum atomic E-state index is 12.3. The molecule has 1 heterocycles. The molecule has 1 unspecified atom stereocenters. The van der Waals surface area contributed by atoms with Crippen molar-refractivity contribution >= 4 is 6.09 Å². The van der Waals surface area contributed by atoms with E-state index in [2.05, 4.69) is 34.6 Å². The number of benzene rings is 2. The van der Waals surface area contributed by atoms with E-state index in [1.165, 1.54) is 11.1 Å². The lowest BCUT2D eigenvalue weighted by Crippen LogP contribution is -2.30. The molecule has 0 bridgehead atoms. The first-order valence-corrected chi connectivity index (χ1v) is 8.70. The Bertz CT molecular complexity index is 966. The van der Waals surface area contributed by atoms with E-state index in [9.17, 15) is 10.1 Å². The number of rotatable bonds is 4. The third-order valence-electron chi connectivity index (χ3n) is 4.72. The fourth-order valence-corrected chi connectivity index (χ4v) is 3.48. The molecular formula is C22H17N3O2. The van der Waals surface area contributed by atoms with Gasteiger partial charge in [0.05, 0.1) is 11.8 Å². The summed E-state index contributed by atoms with van der Waals surface area (Å²) in [4.78, 5) is 16.4. The molecule has 0 saturated carbocycles. The molecule has 5 nitrogen and oxygen atoms in total. The first kappa shape index (κ1) is 16.8. The van der Waals surface area contributed by atoms with Crippen LogP contribution in [0.4, 0.5) is 4.79 Å². The molecule has 1 aliphatic rings. The van der Waals surface area contributed by atoms with Crippen LogP contribution in [0.1, 0.15) is 28.8 Å². The molecule has 1 atom stereocenters. The Morgan fingerprint density at radius 1 is 1.04 bits per heavy atom. The van der Waals surface area contributed by atoms with E-state index < -0.39 is 12.1 Å². The van der Waals surface area contributed by atoms with Crippen molar-refractivity contribution in [1.82, 2.24) is 10.3 Å². The normalized spacial score (nSPS) is 13.1. The number of nitrogens with one attached hydrogen (secondary N) is 1. The fourth-order valence-electron chi connectivity index (χ4n) is 3.48. The van der Waals surface area contributed by atoms with Gasteiger partial charge in [0.1, 0.15) is 6.61 Å². The van der Waals surface area contributed by atoms with Crippen LogP contribution < -0.4 is 5.32 Å². The molecule has 27 heavy (non-hydrogen) atoms. The number of alkyl carbamates (subject to hydrolysis) is 1. The number of amides is 1. The Morgan fingerprint density at radius 2 is 1.67 bits per heavy atom. The summed E-state index contributed by atoms with van der Waals surface area (Å²) in [7, 11) is 0. The zero-order chi connectivity index (χ0) is 18.6. The Hall–Kier alpha value is -3.65. The minimum absolute atomic E-state index is 0.0152. The number of carbonyl (C=O) groups excluding carboxylic acids is 1. The van der Waals surface area contributed by atoms with E-state index in [1.807, 2.05) is 30.3 Å². The van der Waals surface area contributed by atoms with Crippen LogP contribution in [0.3, 0.4) is 0 Å². The van der Waals surface area contributed by atoms with Gasteiger partial charge in [-0.15, -0.1) is 0 Å². The van der Waals surface area contributed by atoms with Crippen LogP contribution in [-0.4, -0.2) is 17.7 Å². The van der Waals surface area contributed by atoms with Crippen molar-refractivity contribution < 1.29 is 9.53 Å². The van der Waals surface area contributed by atoms with Crippen LogP contribution in [0.5, 0.6) is 0 Å². The predicted octanol–water partition coefficient (Wildman–Crippen LogP) is 4.18. The lowest BCUT2D eigenvalue weighted by Gasteiger charge is -2.16. The molecule has 1 N–H and O–H groups in total. The van der Waals surface area contributed by atoms with Crippen molar-refractivity contribution in [2.24, 2.45) is 0 Å². The number of hydrogen-bond donors (Lipinski definition) is 1. The fraction of sp³-hybridized carbons (Fsp3) is 0.136. The quantitative estimate of drug-likeness (QED) is 0.762. The monoisotopic (exact) mass is 355 g/mol. The van der Waals surface area contributed by atoms with Gasteiger partial charge in [0, 0.05) is 12.1 Å². The first-order chi connectivity index (χ1) is 13.3. The van der Waals surface area contributed by atoms with E-state index >= 15 is 0 Å². The lowest BCUT2D eigenvalue weighted by molar-refractivity contribution is 0.141. The molecule has 132 valence electrons. The minimum atomic E-state index is -0.846. The zero-order valence-electron chi connectivity index (χ0n) is 14.5. The number of hydrogen-bond acceptors (Lipinski definition) is 4. The Balaban J connectivity index is 1.47. The standard InChI is InChI=1S/C22H17N3O2/c23-13-21(20-11-5-6-12-24-20)25-22(26)27-14-19-17-9-3-1-7-15(17)16-8-2-4-10-18(16)19/h1-12,19,21H,14H2,(H,25,26). The van der Waals surface area contributed by atoms with E-state index in [0.717, 1.165) is 11.1 Å². The maximum Gasteiger partial charge on any atom is 0.408 e. The molecule has 4 rings (SSSR count). The van der Waals surface area contributed by atoms with Gasteiger partial charge in [-0.3, -0.25) is 4.98 Å². The summed E-state index contributed by atoms with van der Waals surface area (Å²) in [5.74, 6) is -0.0152. The van der Waals surface area contributed by atoms with E-state index in [0.29, 0.717) is 5.69 Å². The lowest BCUT2D eigenvalue weighted by atomic mass is 9.98. The number of aromatic nitrogens is 1. The van der Waals surface area contributed by atoms with E-state index in [1.54, 1.807) is 24.4 Å². The van der Waals surface area contributed by atoms with Gasteiger partial charge in [-0.1, -0.05) is 54.6 Å². The van der Waals surface area contributed by atoms with Crippen molar-refractivity contribution in [2.75, 3.05) is 6.61 Å². The maximum absolute atomic E-state index is 12.3. The number of nitriles is 1. The largest absolute Gasteiger partial charge is 0.449 e. The van der Waals surface area contributed by atoms with Gasteiger partial charge in [-0.05, 0) is 34.4 Å². The Morgan fingerprint density at radius 3 is 2.26 bits per heavy atom. The summed E-state index contributed by atoms with van der Waals surface area (Å²) in [6.45, 7) is 0.209. The van der Waals surface area contributed by atoms with Gasteiger partial charge < -0.3 is 10.1 Å². The highest BCUT2D eigenvalue weighted by molar-refractivity contribution is 5.79. The minimum Gasteiger partial charge on any atom is -0.449 e. The second kappa shape index (κ2) is 7.30. The van der Waals surface area contributed by atoms with Gasteiger partial charge in [-0.2, -0.15) is 5.26 Å². The SMILES string of the molecule is N#CC(NC(=O)OCC1c2ccccc2-c2ccccc21)c1ccccn1. The van der Waals surface area contributed by atoms with Crippen LogP contribution in [0.25, 0.3) is 11.1 Å². The summed E-state index contributed by atoms with van der Waals surface area (Å²) < 4.78 is 5.46. The molecule has 0 fully saturated rings. The molecule has 0 radical (unpaired) electrons. The summed E-state index contributed by atoms with van der Waals surface area (Å²) >= 11 is 0. The van der Waals surface area contributed by atoms with Gasteiger partial charge in [0.15, 0.2) is 6.04 Å². The smallest absolute Gasteiger partial charge is 0.408 e. The molecule has 0 spiro atoms. The summed E-state index contributed by atoms with van der Waals surface area (Å²) in [5.41, 5.74) is 5.12. The molecule has 1 amide bonds. The Labute approximate surface area is 157 Å². The molecule has 1 aromatic heterocycles. The summed E-state index contributed by atoms with van der Waals surface area (Å²) in [5, 5.41) is 11.9.